The number of hydrogen-bond donors (Lipinski definition) is 0. The lowest BCUT2D eigenvalue weighted by Crippen LogP contribution is -1.83. The first-order chi connectivity index (χ1) is 7.34. The molecule has 0 spiro atoms. The zero-order valence-corrected chi connectivity index (χ0v) is 8.59. The molecule has 0 saturated carbocycles. The van der Waals surface area contributed by atoms with Crippen LogP contribution >= 0.6 is 0 Å². The summed E-state index contributed by atoms with van der Waals surface area (Å²) >= 11 is 0. The number of hydrogen-bond acceptors (Lipinski definition) is 2. The third-order valence-electron chi connectivity index (χ3n) is 2.06. The predicted octanol–water partition coefficient (Wildman–Crippen LogP) is 2.96. The second kappa shape index (κ2) is 4.51. The van der Waals surface area contributed by atoms with Crippen molar-refractivity contribution in [1.82, 2.24) is 9.97 Å². The van der Waals surface area contributed by atoms with Gasteiger partial charge in [-0.05, 0) is 42.8 Å². The number of rotatable bonds is 2. The van der Waals surface area contributed by atoms with Crippen LogP contribution in [0.4, 0.5) is 0 Å². The van der Waals surface area contributed by atoms with Gasteiger partial charge in [-0.15, -0.1) is 0 Å². The van der Waals surface area contributed by atoms with Crippen LogP contribution in [0.2, 0.25) is 0 Å². The highest BCUT2D eigenvalue weighted by Gasteiger charge is 1.89. The fourth-order valence-electron chi connectivity index (χ4n) is 1.31. The van der Waals surface area contributed by atoms with E-state index in [0.29, 0.717) is 0 Å². The van der Waals surface area contributed by atoms with Crippen LogP contribution in [0, 0.1) is 6.92 Å². The van der Waals surface area contributed by atoms with Gasteiger partial charge < -0.3 is 0 Å². The Morgan fingerprint density at radius 1 is 1.00 bits per heavy atom. The highest BCUT2D eigenvalue weighted by Crippen LogP contribution is 2.05. The maximum Gasteiger partial charge on any atom is 0.0633 e. The predicted molar refractivity (Wildman–Crippen MR) is 62.1 cm³/mol. The van der Waals surface area contributed by atoms with Crippen molar-refractivity contribution >= 4 is 12.2 Å². The van der Waals surface area contributed by atoms with Crippen molar-refractivity contribution in [2.75, 3.05) is 0 Å². The molecule has 0 aliphatic heterocycles. The second-order valence-electron chi connectivity index (χ2n) is 3.32. The Balaban J connectivity index is 2.19. The first-order valence-electron chi connectivity index (χ1n) is 4.86. The molecule has 0 N–H and O–H groups in total. The molecule has 2 heteroatoms. The zero-order valence-electron chi connectivity index (χ0n) is 8.59. The number of aromatic nitrogens is 2. The summed E-state index contributed by atoms with van der Waals surface area (Å²) in [5.41, 5.74) is 3.15. The van der Waals surface area contributed by atoms with Gasteiger partial charge in [0.25, 0.3) is 0 Å². The molecule has 0 radical (unpaired) electrons. The maximum absolute atomic E-state index is 4.39. The largest absolute Gasteiger partial charge is 0.265 e. The van der Waals surface area contributed by atoms with E-state index in [-0.39, 0.29) is 0 Å². The lowest BCUT2D eigenvalue weighted by molar-refractivity contribution is 1.18. The Labute approximate surface area is 89.3 Å². The quantitative estimate of drug-likeness (QED) is 0.738. The molecule has 2 heterocycles. The van der Waals surface area contributed by atoms with Crippen LogP contribution in [0.5, 0.6) is 0 Å². The average molecular weight is 196 g/mol. The summed E-state index contributed by atoms with van der Waals surface area (Å²) in [5.74, 6) is 0. The average Bonchev–Trinajstić information content (AvgIpc) is 2.28. The van der Waals surface area contributed by atoms with E-state index in [1.54, 1.807) is 12.4 Å². The summed E-state index contributed by atoms with van der Waals surface area (Å²) in [7, 11) is 0. The van der Waals surface area contributed by atoms with Crippen LogP contribution in [0.1, 0.15) is 17.0 Å². The molecule has 0 unspecified atom stereocenters. The van der Waals surface area contributed by atoms with E-state index in [4.69, 9.17) is 0 Å². The van der Waals surface area contributed by atoms with Gasteiger partial charge in [0, 0.05) is 18.1 Å². The molecule has 2 aromatic heterocycles. The van der Waals surface area contributed by atoms with E-state index in [9.17, 15) is 0 Å². The summed E-state index contributed by atoms with van der Waals surface area (Å²) in [6.07, 6.45) is 7.60. The van der Waals surface area contributed by atoms with Crippen molar-refractivity contribution < 1.29 is 0 Å². The third-order valence-corrected chi connectivity index (χ3v) is 2.06. The monoisotopic (exact) mass is 196 g/mol. The van der Waals surface area contributed by atoms with Gasteiger partial charge in [0.1, 0.15) is 0 Å². The molecular formula is C13H12N2. The topological polar surface area (TPSA) is 25.8 Å². The minimum absolute atomic E-state index is 0.979. The Morgan fingerprint density at radius 2 is 1.80 bits per heavy atom. The van der Waals surface area contributed by atoms with E-state index < -0.39 is 0 Å². The maximum atomic E-state index is 4.39. The molecule has 2 rings (SSSR count). The summed E-state index contributed by atoms with van der Waals surface area (Å²) in [6, 6.07) is 9.92. The van der Waals surface area contributed by atoms with Crippen LogP contribution in [-0.4, -0.2) is 9.97 Å². The fraction of sp³-hybridized carbons (Fsp3) is 0.0769. The lowest BCUT2D eigenvalue weighted by atomic mass is 10.2. The van der Waals surface area contributed by atoms with Gasteiger partial charge in [-0.2, -0.15) is 0 Å². The summed E-state index contributed by atoms with van der Waals surface area (Å²) in [6.45, 7) is 1.99. The van der Waals surface area contributed by atoms with Crippen molar-refractivity contribution in [2.24, 2.45) is 0 Å². The molecular weight excluding hydrogens is 184 g/mol. The summed E-state index contributed by atoms with van der Waals surface area (Å²) in [5, 5.41) is 0. The Bertz CT molecular complexity index is 461. The molecule has 0 aliphatic rings. The standard InChI is InChI=1S/C13H12N2/c1-11-3-2-4-13(15-11)6-5-12-7-9-14-10-8-12/h2-10H,1H3. The highest BCUT2D eigenvalue weighted by atomic mass is 14.7. The SMILES string of the molecule is Cc1cccc(C=Cc2ccncc2)n1. The molecule has 0 saturated heterocycles. The first kappa shape index (κ1) is 9.59. The summed E-state index contributed by atoms with van der Waals surface area (Å²) < 4.78 is 0. The van der Waals surface area contributed by atoms with Crippen LogP contribution in [0.3, 0.4) is 0 Å². The van der Waals surface area contributed by atoms with Gasteiger partial charge in [-0.1, -0.05) is 12.1 Å². The van der Waals surface area contributed by atoms with Crippen molar-refractivity contribution in [3.8, 4) is 0 Å². The molecule has 2 nitrogen and oxygen atoms in total. The molecule has 0 atom stereocenters. The minimum Gasteiger partial charge on any atom is -0.265 e. The van der Waals surface area contributed by atoms with Gasteiger partial charge in [0.15, 0.2) is 0 Å². The number of pyridine rings is 2. The second-order valence-corrected chi connectivity index (χ2v) is 3.32. The van der Waals surface area contributed by atoms with E-state index >= 15 is 0 Å². The van der Waals surface area contributed by atoms with Crippen molar-refractivity contribution in [2.45, 2.75) is 6.92 Å². The Morgan fingerprint density at radius 3 is 2.53 bits per heavy atom. The van der Waals surface area contributed by atoms with Gasteiger partial charge in [-0.3, -0.25) is 9.97 Å². The van der Waals surface area contributed by atoms with Gasteiger partial charge >= 0.3 is 0 Å². The Kier molecular flexibility index (Phi) is 2.88. The molecule has 0 fully saturated rings. The van der Waals surface area contributed by atoms with E-state index in [1.807, 2.05) is 49.4 Å². The van der Waals surface area contributed by atoms with Crippen LogP contribution in [-0.2, 0) is 0 Å². The van der Waals surface area contributed by atoms with Crippen LogP contribution in [0.15, 0.2) is 42.7 Å². The van der Waals surface area contributed by atoms with Gasteiger partial charge in [-0.25, -0.2) is 0 Å². The third kappa shape index (κ3) is 2.74. The smallest absolute Gasteiger partial charge is 0.0633 e. The van der Waals surface area contributed by atoms with Crippen molar-refractivity contribution in [3.63, 3.8) is 0 Å². The van der Waals surface area contributed by atoms with E-state index in [0.717, 1.165) is 17.0 Å². The molecule has 15 heavy (non-hydrogen) atoms. The molecule has 0 bridgehead atoms. The normalized spacial score (nSPS) is 10.7. The van der Waals surface area contributed by atoms with Crippen LogP contribution in [0.25, 0.3) is 12.2 Å². The van der Waals surface area contributed by atoms with Crippen molar-refractivity contribution in [1.29, 1.82) is 0 Å². The molecule has 0 aliphatic carbocycles. The summed E-state index contributed by atoms with van der Waals surface area (Å²) in [4.78, 5) is 8.35. The molecule has 74 valence electrons. The van der Waals surface area contributed by atoms with E-state index in [2.05, 4.69) is 9.97 Å². The minimum atomic E-state index is 0.979. The van der Waals surface area contributed by atoms with Crippen molar-refractivity contribution in [3.05, 3.63) is 59.7 Å². The molecule has 0 aromatic carbocycles. The zero-order chi connectivity index (χ0) is 10.5. The lowest BCUT2D eigenvalue weighted by Gasteiger charge is -1.95. The van der Waals surface area contributed by atoms with E-state index in [1.165, 1.54) is 0 Å². The van der Waals surface area contributed by atoms with Gasteiger partial charge in [0.2, 0.25) is 0 Å². The first-order valence-corrected chi connectivity index (χ1v) is 4.86. The molecule has 2 aromatic rings. The fourth-order valence-corrected chi connectivity index (χ4v) is 1.31. The van der Waals surface area contributed by atoms with Gasteiger partial charge in [0.05, 0.1) is 5.69 Å². The van der Waals surface area contributed by atoms with Crippen LogP contribution < -0.4 is 0 Å². The number of nitrogens with zero attached hydrogens (tertiary/aromatic N) is 2. The number of aryl methyl sites for hydroxylation is 1. The highest BCUT2D eigenvalue weighted by molar-refractivity contribution is 5.67. The Hall–Kier alpha value is -1.96. The molecule has 0 amide bonds.